The van der Waals surface area contributed by atoms with Crippen molar-refractivity contribution in [2.75, 3.05) is 21.3 Å². The summed E-state index contributed by atoms with van der Waals surface area (Å²) in [6, 6.07) is 12.2. The molecule has 0 radical (unpaired) electrons. The molecule has 0 aliphatic carbocycles. The highest BCUT2D eigenvalue weighted by atomic mass is 35.5. The van der Waals surface area contributed by atoms with E-state index in [1.165, 1.54) is 19.1 Å². The van der Waals surface area contributed by atoms with Gasteiger partial charge >= 0.3 is 0 Å². The number of benzene rings is 2. The number of rotatable bonds is 6. The molecule has 0 bridgehead atoms. The van der Waals surface area contributed by atoms with Gasteiger partial charge in [0.05, 0.1) is 25.8 Å². The molecule has 0 saturated heterocycles. The highest BCUT2D eigenvalue weighted by Crippen LogP contribution is 2.28. The summed E-state index contributed by atoms with van der Waals surface area (Å²) in [7, 11) is 4.71. The Kier molecular flexibility index (Phi) is 5.61. The minimum absolute atomic E-state index is 0.157. The lowest BCUT2D eigenvalue weighted by Gasteiger charge is -2.16. The van der Waals surface area contributed by atoms with Crippen LogP contribution >= 0.6 is 11.6 Å². The third-order valence-corrected chi connectivity index (χ3v) is 4.26. The summed E-state index contributed by atoms with van der Waals surface area (Å²) in [5, 5.41) is 4.46. The molecule has 1 aromatic heterocycles. The van der Waals surface area contributed by atoms with Crippen LogP contribution in [0.15, 0.2) is 47.0 Å². The van der Waals surface area contributed by atoms with Crippen LogP contribution in [0.25, 0.3) is 11.4 Å². The zero-order chi connectivity index (χ0) is 19.4. The number of amides is 1. The van der Waals surface area contributed by atoms with Crippen molar-refractivity contribution in [1.82, 2.24) is 15.0 Å². The lowest BCUT2D eigenvalue weighted by atomic mass is 10.1. The Balaban J connectivity index is 1.75. The summed E-state index contributed by atoms with van der Waals surface area (Å²) in [6.45, 7) is 0.157. The minimum atomic E-state index is -0.214. The van der Waals surface area contributed by atoms with Crippen LogP contribution in [0, 0.1) is 0 Å². The molecule has 2 aromatic carbocycles. The number of carbonyl (C=O) groups is 1. The van der Waals surface area contributed by atoms with Gasteiger partial charge in [0.25, 0.3) is 5.91 Å². The first-order chi connectivity index (χ1) is 13.0. The minimum Gasteiger partial charge on any atom is -0.493 e. The molecule has 0 spiro atoms. The monoisotopic (exact) mass is 387 g/mol. The van der Waals surface area contributed by atoms with Gasteiger partial charge < -0.3 is 18.9 Å². The maximum atomic E-state index is 12.7. The maximum absolute atomic E-state index is 12.7. The molecule has 3 rings (SSSR count). The van der Waals surface area contributed by atoms with Crippen molar-refractivity contribution in [3.63, 3.8) is 0 Å². The van der Waals surface area contributed by atoms with Crippen molar-refractivity contribution >= 4 is 17.5 Å². The van der Waals surface area contributed by atoms with E-state index < -0.39 is 0 Å². The van der Waals surface area contributed by atoms with Crippen molar-refractivity contribution in [3.8, 4) is 22.9 Å². The molecule has 0 aliphatic rings. The first-order valence-corrected chi connectivity index (χ1v) is 8.46. The van der Waals surface area contributed by atoms with Crippen molar-refractivity contribution in [2.24, 2.45) is 0 Å². The summed E-state index contributed by atoms with van der Waals surface area (Å²) in [6.07, 6.45) is 0. The van der Waals surface area contributed by atoms with Crippen molar-refractivity contribution in [3.05, 3.63) is 58.9 Å². The van der Waals surface area contributed by atoms with Crippen LogP contribution in [0.2, 0.25) is 5.02 Å². The van der Waals surface area contributed by atoms with E-state index in [1.54, 1.807) is 37.4 Å². The second kappa shape index (κ2) is 8.09. The molecule has 8 heteroatoms. The quantitative estimate of drug-likeness (QED) is 0.642. The number of hydrogen-bond acceptors (Lipinski definition) is 6. The topological polar surface area (TPSA) is 77.7 Å². The molecule has 0 N–H and O–H groups in total. The number of aromatic nitrogens is 2. The highest BCUT2D eigenvalue weighted by Gasteiger charge is 2.18. The standard InChI is InChI=1S/C19H18ClN3O4/c1-23(19(24)12-8-9-15(25-2)16(10-12)26-3)11-17-21-18(22-27-17)13-6-4-5-7-14(13)20/h4-10H,11H2,1-3H3. The van der Waals surface area contributed by atoms with E-state index in [-0.39, 0.29) is 12.5 Å². The Labute approximate surface area is 161 Å². The van der Waals surface area contributed by atoms with Crippen molar-refractivity contribution < 1.29 is 18.8 Å². The van der Waals surface area contributed by atoms with Gasteiger partial charge in [-0.3, -0.25) is 4.79 Å². The Hall–Kier alpha value is -3.06. The van der Waals surface area contributed by atoms with E-state index in [4.69, 9.17) is 25.6 Å². The smallest absolute Gasteiger partial charge is 0.254 e. The highest BCUT2D eigenvalue weighted by molar-refractivity contribution is 6.33. The molecule has 0 fully saturated rings. The van der Waals surface area contributed by atoms with Crippen molar-refractivity contribution in [1.29, 1.82) is 0 Å². The molecule has 1 heterocycles. The van der Waals surface area contributed by atoms with Crippen LogP contribution in [0.4, 0.5) is 0 Å². The van der Waals surface area contributed by atoms with Gasteiger partial charge in [0, 0.05) is 18.2 Å². The summed E-state index contributed by atoms with van der Waals surface area (Å²) in [5.41, 5.74) is 1.13. The number of hydrogen-bond donors (Lipinski definition) is 0. The molecule has 140 valence electrons. The van der Waals surface area contributed by atoms with E-state index in [1.807, 2.05) is 12.1 Å². The van der Waals surface area contributed by atoms with Crippen LogP contribution < -0.4 is 9.47 Å². The predicted octanol–water partition coefficient (Wildman–Crippen LogP) is 3.68. The second-order valence-corrected chi connectivity index (χ2v) is 6.13. The van der Waals surface area contributed by atoms with Gasteiger partial charge in [0.2, 0.25) is 11.7 Å². The Bertz CT molecular complexity index is 958. The molecule has 0 unspecified atom stereocenters. The summed E-state index contributed by atoms with van der Waals surface area (Å²) in [4.78, 5) is 18.5. The van der Waals surface area contributed by atoms with Gasteiger partial charge in [-0.05, 0) is 30.3 Å². The zero-order valence-electron chi connectivity index (χ0n) is 15.1. The molecule has 0 saturated carbocycles. The van der Waals surface area contributed by atoms with Crippen LogP contribution in [-0.2, 0) is 6.54 Å². The fourth-order valence-electron chi connectivity index (χ4n) is 2.54. The predicted molar refractivity (Wildman–Crippen MR) is 100 cm³/mol. The largest absolute Gasteiger partial charge is 0.493 e. The Morgan fingerprint density at radius 3 is 2.59 bits per heavy atom. The third kappa shape index (κ3) is 4.03. The average Bonchev–Trinajstić information content (AvgIpc) is 3.15. The first kappa shape index (κ1) is 18.7. The van der Waals surface area contributed by atoms with Gasteiger partial charge in [-0.1, -0.05) is 28.9 Å². The summed E-state index contributed by atoms with van der Waals surface area (Å²) >= 11 is 6.15. The van der Waals surface area contributed by atoms with Crippen LogP contribution in [0.5, 0.6) is 11.5 Å². The van der Waals surface area contributed by atoms with Crippen molar-refractivity contribution in [2.45, 2.75) is 6.54 Å². The van der Waals surface area contributed by atoms with E-state index in [2.05, 4.69) is 10.1 Å². The summed E-state index contributed by atoms with van der Waals surface area (Å²) < 4.78 is 15.7. The van der Waals surface area contributed by atoms with E-state index >= 15 is 0 Å². The fraction of sp³-hybridized carbons (Fsp3) is 0.211. The average molecular weight is 388 g/mol. The van der Waals surface area contributed by atoms with Crippen LogP contribution in [0.1, 0.15) is 16.2 Å². The number of carbonyl (C=O) groups excluding carboxylic acids is 1. The lowest BCUT2D eigenvalue weighted by molar-refractivity contribution is 0.0769. The molecule has 0 aliphatic heterocycles. The normalized spacial score (nSPS) is 10.5. The number of methoxy groups -OCH3 is 2. The number of nitrogens with zero attached hydrogens (tertiary/aromatic N) is 3. The Morgan fingerprint density at radius 2 is 1.89 bits per heavy atom. The van der Waals surface area contributed by atoms with Crippen LogP contribution in [0.3, 0.4) is 0 Å². The first-order valence-electron chi connectivity index (χ1n) is 8.08. The maximum Gasteiger partial charge on any atom is 0.254 e. The van der Waals surface area contributed by atoms with E-state index in [0.29, 0.717) is 39.4 Å². The van der Waals surface area contributed by atoms with Gasteiger partial charge in [-0.25, -0.2) is 0 Å². The van der Waals surface area contributed by atoms with Gasteiger partial charge in [-0.15, -0.1) is 0 Å². The van der Waals surface area contributed by atoms with Gasteiger partial charge in [0.15, 0.2) is 11.5 Å². The van der Waals surface area contributed by atoms with Crippen LogP contribution in [-0.4, -0.2) is 42.2 Å². The fourth-order valence-corrected chi connectivity index (χ4v) is 2.76. The van der Waals surface area contributed by atoms with E-state index in [9.17, 15) is 4.79 Å². The third-order valence-electron chi connectivity index (χ3n) is 3.93. The number of halogens is 1. The lowest BCUT2D eigenvalue weighted by Crippen LogP contribution is -2.26. The molecular formula is C19H18ClN3O4. The van der Waals surface area contributed by atoms with Gasteiger partial charge in [0.1, 0.15) is 0 Å². The number of ether oxygens (including phenoxy) is 2. The molecule has 27 heavy (non-hydrogen) atoms. The SMILES string of the molecule is COc1ccc(C(=O)N(C)Cc2nc(-c3ccccc3Cl)no2)cc1OC. The summed E-state index contributed by atoms with van der Waals surface area (Å²) in [5.74, 6) is 1.51. The molecule has 3 aromatic rings. The molecule has 1 amide bonds. The molecule has 0 atom stereocenters. The molecule has 7 nitrogen and oxygen atoms in total. The van der Waals surface area contributed by atoms with E-state index in [0.717, 1.165) is 0 Å². The Morgan fingerprint density at radius 1 is 1.15 bits per heavy atom. The zero-order valence-corrected chi connectivity index (χ0v) is 15.9. The van der Waals surface area contributed by atoms with Gasteiger partial charge in [-0.2, -0.15) is 4.98 Å². The molecular weight excluding hydrogens is 370 g/mol. The second-order valence-electron chi connectivity index (χ2n) is 5.72.